The van der Waals surface area contributed by atoms with Crippen LogP contribution in [0, 0.1) is 17.5 Å². The predicted octanol–water partition coefficient (Wildman–Crippen LogP) is 4.06. The zero-order valence-corrected chi connectivity index (χ0v) is 14.3. The van der Waals surface area contributed by atoms with E-state index in [0.717, 1.165) is 30.5 Å². The first kappa shape index (κ1) is 17.9. The number of sulfonamides is 1. The van der Waals surface area contributed by atoms with Gasteiger partial charge < -0.3 is 0 Å². The number of rotatable bonds is 3. The van der Waals surface area contributed by atoms with Crippen LogP contribution in [0.15, 0.2) is 47.4 Å². The molecule has 1 aliphatic heterocycles. The van der Waals surface area contributed by atoms with E-state index in [9.17, 15) is 21.6 Å². The van der Waals surface area contributed by atoms with Crippen molar-refractivity contribution in [2.45, 2.75) is 30.1 Å². The minimum Gasteiger partial charge on any atom is -0.207 e. The summed E-state index contributed by atoms with van der Waals surface area (Å²) >= 11 is 0. The van der Waals surface area contributed by atoms with Crippen molar-refractivity contribution in [1.29, 1.82) is 0 Å². The average Bonchev–Trinajstić information content (AvgIpc) is 2.84. The smallest absolute Gasteiger partial charge is 0.207 e. The largest absolute Gasteiger partial charge is 0.243 e. The summed E-state index contributed by atoms with van der Waals surface area (Å²) < 4.78 is 66.6. The Bertz CT molecular complexity index is 853. The Morgan fingerprint density at radius 3 is 2.32 bits per heavy atom. The molecule has 0 bridgehead atoms. The van der Waals surface area contributed by atoms with Crippen molar-refractivity contribution in [2.24, 2.45) is 0 Å². The van der Waals surface area contributed by atoms with Crippen LogP contribution in [-0.4, -0.2) is 25.8 Å². The van der Waals surface area contributed by atoms with Crippen LogP contribution in [0.2, 0.25) is 0 Å². The molecular formula is C18H18F3NO2S. The highest BCUT2D eigenvalue weighted by atomic mass is 32.2. The van der Waals surface area contributed by atoms with E-state index in [4.69, 9.17) is 0 Å². The van der Waals surface area contributed by atoms with Crippen LogP contribution in [0.5, 0.6) is 0 Å². The van der Waals surface area contributed by atoms with Crippen LogP contribution in [0.4, 0.5) is 13.2 Å². The third kappa shape index (κ3) is 3.88. The Hall–Kier alpha value is -1.86. The highest BCUT2D eigenvalue weighted by molar-refractivity contribution is 7.89. The lowest BCUT2D eigenvalue weighted by molar-refractivity contribution is 0.405. The van der Waals surface area contributed by atoms with Crippen LogP contribution < -0.4 is 0 Å². The van der Waals surface area contributed by atoms with Gasteiger partial charge in [-0.05, 0) is 54.7 Å². The quantitative estimate of drug-likeness (QED) is 0.818. The standard InChI is InChI=1S/C18H18F3NO2S/c19-15-6-4-13(5-7-15)14-3-1-2-10-22(12-14)25(23,24)16-8-9-17(20)18(21)11-16/h4-9,11,14H,1-3,10,12H2. The van der Waals surface area contributed by atoms with E-state index in [-0.39, 0.29) is 23.2 Å². The lowest BCUT2D eigenvalue weighted by Crippen LogP contribution is -2.34. The molecule has 2 aromatic rings. The predicted molar refractivity (Wildman–Crippen MR) is 88.1 cm³/mol. The van der Waals surface area contributed by atoms with E-state index in [1.165, 1.54) is 16.4 Å². The maximum atomic E-state index is 13.4. The molecule has 1 unspecified atom stereocenters. The Morgan fingerprint density at radius 1 is 0.920 bits per heavy atom. The molecule has 0 N–H and O–H groups in total. The summed E-state index contributed by atoms with van der Waals surface area (Å²) in [5, 5.41) is 0. The number of benzene rings is 2. The molecule has 1 saturated heterocycles. The van der Waals surface area contributed by atoms with E-state index < -0.39 is 21.7 Å². The van der Waals surface area contributed by atoms with E-state index in [0.29, 0.717) is 19.0 Å². The van der Waals surface area contributed by atoms with Gasteiger partial charge in [0.1, 0.15) is 5.82 Å². The number of hydrogen-bond acceptors (Lipinski definition) is 2. The van der Waals surface area contributed by atoms with E-state index >= 15 is 0 Å². The van der Waals surface area contributed by atoms with Gasteiger partial charge in [-0.1, -0.05) is 18.6 Å². The van der Waals surface area contributed by atoms with Gasteiger partial charge >= 0.3 is 0 Å². The molecule has 2 aromatic carbocycles. The van der Waals surface area contributed by atoms with Gasteiger partial charge in [-0.2, -0.15) is 4.31 Å². The van der Waals surface area contributed by atoms with E-state index in [1.54, 1.807) is 12.1 Å². The van der Waals surface area contributed by atoms with Gasteiger partial charge in [0.05, 0.1) is 4.90 Å². The molecule has 0 saturated carbocycles. The molecule has 0 aromatic heterocycles. The molecule has 0 amide bonds. The van der Waals surface area contributed by atoms with Crippen molar-refractivity contribution in [3.63, 3.8) is 0 Å². The summed E-state index contributed by atoms with van der Waals surface area (Å²) in [6.07, 6.45) is 2.31. The fourth-order valence-electron chi connectivity index (χ4n) is 3.12. The molecule has 7 heteroatoms. The molecule has 3 nitrogen and oxygen atoms in total. The zero-order chi connectivity index (χ0) is 18.0. The molecule has 0 aliphatic carbocycles. The molecule has 134 valence electrons. The third-order valence-corrected chi connectivity index (χ3v) is 6.37. The molecule has 0 spiro atoms. The molecule has 25 heavy (non-hydrogen) atoms. The first-order chi connectivity index (χ1) is 11.9. The topological polar surface area (TPSA) is 37.4 Å². The summed E-state index contributed by atoms with van der Waals surface area (Å²) in [5.74, 6) is -2.68. The highest BCUT2D eigenvalue weighted by Gasteiger charge is 2.30. The second kappa shape index (κ2) is 7.17. The second-order valence-corrected chi connectivity index (χ2v) is 8.12. The SMILES string of the molecule is O=S(=O)(c1ccc(F)c(F)c1)N1CCCCC(c2ccc(F)cc2)C1. The van der Waals surface area contributed by atoms with Crippen molar-refractivity contribution in [2.75, 3.05) is 13.1 Å². The van der Waals surface area contributed by atoms with Gasteiger partial charge in [0.25, 0.3) is 0 Å². The van der Waals surface area contributed by atoms with Gasteiger partial charge in [-0.3, -0.25) is 0 Å². The van der Waals surface area contributed by atoms with Crippen LogP contribution in [-0.2, 0) is 10.0 Å². The van der Waals surface area contributed by atoms with Crippen molar-refractivity contribution in [3.05, 3.63) is 65.5 Å². The van der Waals surface area contributed by atoms with Gasteiger partial charge in [-0.15, -0.1) is 0 Å². The Balaban J connectivity index is 1.89. The summed E-state index contributed by atoms with van der Waals surface area (Å²) in [5.41, 5.74) is 0.869. The maximum Gasteiger partial charge on any atom is 0.243 e. The molecular weight excluding hydrogens is 351 g/mol. The molecule has 1 heterocycles. The highest BCUT2D eigenvalue weighted by Crippen LogP contribution is 2.30. The van der Waals surface area contributed by atoms with Crippen LogP contribution in [0.25, 0.3) is 0 Å². The van der Waals surface area contributed by atoms with Gasteiger partial charge in [-0.25, -0.2) is 21.6 Å². The monoisotopic (exact) mass is 369 g/mol. The van der Waals surface area contributed by atoms with Crippen LogP contribution in [0.3, 0.4) is 0 Å². The van der Waals surface area contributed by atoms with Crippen LogP contribution >= 0.6 is 0 Å². The minimum atomic E-state index is -3.92. The van der Waals surface area contributed by atoms with Crippen molar-refractivity contribution in [1.82, 2.24) is 4.31 Å². The number of nitrogens with zero attached hydrogens (tertiary/aromatic N) is 1. The van der Waals surface area contributed by atoms with Crippen molar-refractivity contribution < 1.29 is 21.6 Å². The lowest BCUT2D eigenvalue weighted by Gasteiger charge is -2.24. The maximum absolute atomic E-state index is 13.4. The molecule has 1 aliphatic rings. The first-order valence-electron chi connectivity index (χ1n) is 8.08. The fraction of sp³-hybridized carbons (Fsp3) is 0.333. The van der Waals surface area contributed by atoms with Gasteiger partial charge in [0.2, 0.25) is 10.0 Å². The summed E-state index contributed by atoms with van der Waals surface area (Å²) in [6.45, 7) is 0.548. The third-order valence-electron chi connectivity index (χ3n) is 4.50. The molecule has 1 atom stereocenters. The van der Waals surface area contributed by atoms with E-state index in [1.807, 2.05) is 0 Å². The van der Waals surface area contributed by atoms with Crippen LogP contribution in [0.1, 0.15) is 30.7 Å². The number of hydrogen-bond donors (Lipinski definition) is 0. The minimum absolute atomic E-state index is 0.0665. The summed E-state index contributed by atoms with van der Waals surface area (Å²) in [7, 11) is -3.92. The second-order valence-electron chi connectivity index (χ2n) is 6.18. The summed E-state index contributed by atoms with van der Waals surface area (Å²) in [6, 6.07) is 8.63. The van der Waals surface area contributed by atoms with E-state index in [2.05, 4.69) is 0 Å². The van der Waals surface area contributed by atoms with Crippen molar-refractivity contribution in [3.8, 4) is 0 Å². The Morgan fingerprint density at radius 2 is 1.64 bits per heavy atom. The normalized spacial score (nSPS) is 19.6. The Labute approximate surface area is 145 Å². The Kier molecular flexibility index (Phi) is 5.15. The summed E-state index contributed by atoms with van der Waals surface area (Å²) in [4.78, 5) is -0.258. The zero-order valence-electron chi connectivity index (χ0n) is 13.5. The number of halogens is 3. The molecule has 1 fully saturated rings. The molecule has 3 rings (SSSR count). The molecule has 0 radical (unpaired) electrons. The lowest BCUT2D eigenvalue weighted by atomic mass is 9.95. The van der Waals surface area contributed by atoms with Gasteiger partial charge in [0, 0.05) is 13.1 Å². The average molecular weight is 369 g/mol. The van der Waals surface area contributed by atoms with Crippen molar-refractivity contribution >= 4 is 10.0 Å². The van der Waals surface area contributed by atoms with Gasteiger partial charge in [0.15, 0.2) is 11.6 Å². The first-order valence-corrected chi connectivity index (χ1v) is 9.52. The fourth-order valence-corrected chi connectivity index (χ4v) is 4.66.